The van der Waals surface area contributed by atoms with Crippen molar-refractivity contribution in [2.45, 2.75) is 44.9 Å². The smallest absolute Gasteiger partial charge is 0.232 e. The molecule has 2 aromatic rings. The van der Waals surface area contributed by atoms with E-state index in [0.29, 0.717) is 24.7 Å². The van der Waals surface area contributed by atoms with Crippen molar-refractivity contribution in [2.75, 3.05) is 26.3 Å². The third kappa shape index (κ3) is 3.60. The summed E-state index contributed by atoms with van der Waals surface area (Å²) in [7, 11) is 0. The molecule has 4 heterocycles. The number of ether oxygens (including phenoxy) is 1. The van der Waals surface area contributed by atoms with E-state index in [2.05, 4.69) is 22.0 Å². The minimum atomic E-state index is -0.0289. The normalized spacial score (nSPS) is 21.7. The number of likely N-dealkylation sites (tertiary alicyclic amines) is 1. The van der Waals surface area contributed by atoms with Gasteiger partial charge in [0.25, 0.3) is 0 Å². The van der Waals surface area contributed by atoms with Gasteiger partial charge in [0.15, 0.2) is 0 Å². The second kappa shape index (κ2) is 7.76. The fourth-order valence-electron chi connectivity index (χ4n) is 4.26. The van der Waals surface area contributed by atoms with Crippen LogP contribution in [0.4, 0.5) is 0 Å². The van der Waals surface area contributed by atoms with Gasteiger partial charge in [0.2, 0.25) is 17.6 Å². The Morgan fingerprint density at radius 2 is 2.22 bits per heavy atom. The molecule has 0 saturated carbocycles. The SMILES string of the molecule is CCCCC(=O)N1C[C@@H](c2nc(-c3cccnc3)no2)C2(CCOCC2)C1. The molecule has 2 aliphatic rings. The largest absolute Gasteiger partial charge is 0.381 e. The molecule has 1 spiro atoms. The summed E-state index contributed by atoms with van der Waals surface area (Å²) in [6, 6.07) is 3.77. The molecule has 2 saturated heterocycles. The third-order valence-corrected chi connectivity index (χ3v) is 5.89. The number of carbonyl (C=O) groups is 1. The van der Waals surface area contributed by atoms with E-state index in [1.807, 2.05) is 17.0 Å². The van der Waals surface area contributed by atoms with Crippen LogP contribution < -0.4 is 0 Å². The molecule has 4 rings (SSSR count). The highest BCUT2D eigenvalue weighted by molar-refractivity contribution is 5.76. The second-order valence-electron chi connectivity index (χ2n) is 7.60. The molecule has 0 radical (unpaired) electrons. The second-order valence-corrected chi connectivity index (χ2v) is 7.60. The average Bonchev–Trinajstić information content (AvgIpc) is 3.33. The van der Waals surface area contributed by atoms with Crippen LogP contribution in [0, 0.1) is 5.41 Å². The standard InChI is InChI=1S/C20H26N4O3/c1-2-3-6-17(25)24-13-16(20(14-24)7-10-26-11-8-20)19-22-18(23-27-19)15-5-4-9-21-12-15/h4-5,9,12,16H,2-3,6-8,10-11,13-14H2,1H3/t16-/m0/s1. The van der Waals surface area contributed by atoms with Crippen molar-refractivity contribution in [1.82, 2.24) is 20.0 Å². The van der Waals surface area contributed by atoms with Crippen LogP contribution in [-0.2, 0) is 9.53 Å². The third-order valence-electron chi connectivity index (χ3n) is 5.89. The summed E-state index contributed by atoms with van der Waals surface area (Å²) in [4.78, 5) is 23.4. The zero-order valence-corrected chi connectivity index (χ0v) is 15.8. The van der Waals surface area contributed by atoms with Crippen molar-refractivity contribution in [3.8, 4) is 11.4 Å². The molecule has 2 aliphatic heterocycles. The van der Waals surface area contributed by atoms with Crippen LogP contribution in [0.2, 0.25) is 0 Å². The summed E-state index contributed by atoms with van der Waals surface area (Å²) in [5.74, 6) is 1.47. The van der Waals surface area contributed by atoms with E-state index in [9.17, 15) is 4.79 Å². The Morgan fingerprint density at radius 1 is 1.37 bits per heavy atom. The van der Waals surface area contributed by atoms with Gasteiger partial charge in [-0.25, -0.2) is 0 Å². The summed E-state index contributed by atoms with van der Waals surface area (Å²) in [5, 5.41) is 4.17. The number of pyridine rings is 1. The molecule has 0 bridgehead atoms. The van der Waals surface area contributed by atoms with Gasteiger partial charge in [-0.15, -0.1) is 0 Å². The molecule has 2 fully saturated rings. The number of nitrogens with zero attached hydrogens (tertiary/aromatic N) is 4. The summed E-state index contributed by atoms with van der Waals surface area (Å²) in [5.41, 5.74) is 0.807. The summed E-state index contributed by atoms with van der Waals surface area (Å²) in [6.45, 7) is 4.96. The summed E-state index contributed by atoms with van der Waals surface area (Å²) >= 11 is 0. The van der Waals surface area contributed by atoms with E-state index < -0.39 is 0 Å². The van der Waals surface area contributed by atoms with Crippen molar-refractivity contribution >= 4 is 5.91 Å². The van der Waals surface area contributed by atoms with E-state index >= 15 is 0 Å². The van der Waals surface area contributed by atoms with Crippen LogP contribution in [-0.4, -0.2) is 52.2 Å². The first-order valence-corrected chi connectivity index (χ1v) is 9.81. The molecule has 0 aliphatic carbocycles. The summed E-state index contributed by atoms with van der Waals surface area (Å²) in [6.07, 6.45) is 7.86. The van der Waals surface area contributed by atoms with Gasteiger partial charge < -0.3 is 14.2 Å². The Labute approximate surface area is 159 Å². The van der Waals surface area contributed by atoms with Crippen LogP contribution >= 0.6 is 0 Å². The highest BCUT2D eigenvalue weighted by atomic mass is 16.5. The lowest BCUT2D eigenvalue weighted by Crippen LogP contribution is -2.37. The Morgan fingerprint density at radius 3 is 2.96 bits per heavy atom. The van der Waals surface area contributed by atoms with Gasteiger partial charge in [-0.1, -0.05) is 18.5 Å². The number of rotatable bonds is 5. The van der Waals surface area contributed by atoms with Gasteiger partial charge in [0.1, 0.15) is 0 Å². The minimum absolute atomic E-state index is 0.0289. The Balaban J connectivity index is 1.59. The van der Waals surface area contributed by atoms with E-state index in [1.54, 1.807) is 12.4 Å². The quantitative estimate of drug-likeness (QED) is 0.805. The molecule has 7 nitrogen and oxygen atoms in total. The monoisotopic (exact) mass is 370 g/mol. The van der Waals surface area contributed by atoms with Crippen molar-refractivity contribution < 1.29 is 14.1 Å². The predicted molar refractivity (Wildman–Crippen MR) is 98.9 cm³/mol. The first-order chi connectivity index (χ1) is 13.2. The van der Waals surface area contributed by atoms with Crippen molar-refractivity contribution in [3.63, 3.8) is 0 Å². The number of hydrogen-bond acceptors (Lipinski definition) is 6. The first-order valence-electron chi connectivity index (χ1n) is 9.81. The molecule has 2 aromatic heterocycles. The van der Waals surface area contributed by atoms with Gasteiger partial charge in [-0.3, -0.25) is 9.78 Å². The zero-order valence-electron chi connectivity index (χ0n) is 15.8. The minimum Gasteiger partial charge on any atom is -0.381 e. The molecule has 0 N–H and O–H groups in total. The topological polar surface area (TPSA) is 81.4 Å². The van der Waals surface area contributed by atoms with Crippen LogP contribution in [0.15, 0.2) is 29.0 Å². The Bertz CT molecular complexity index is 771. The van der Waals surface area contributed by atoms with E-state index in [0.717, 1.165) is 51.0 Å². The van der Waals surface area contributed by atoms with Gasteiger partial charge >= 0.3 is 0 Å². The fraction of sp³-hybridized carbons (Fsp3) is 0.600. The number of hydrogen-bond donors (Lipinski definition) is 0. The van der Waals surface area contributed by atoms with Crippen LogP contribution in [0.25, 0.3) is 11.4 Å². The molecule has 1 atom stereocenters. The molecule has 144 valence electrons. The fourth-order valence-corrected chi connectivity index (χ4v) is 4.26. The number of aromatic nitrogens is 3. The lowest BCUT2D eigenvalue weighted by Gasteiger charge is -2.36. The van der Waals surface area contributed by atoms with Crippen molar-refractivity contribution in [2.24, 2.45) is 5.41 Å². The lowest BCUT2D eigenvalue weighted by atomic mass is 9.72. The van der Waals surface area contributed by atoms with E-state index in [4.69, 9.17) is 9.26 Å². The molecule has 0 aromatic carbocycles. The Hall–Kier alpha value is -2.28. The number of unbranched alkanes of at least 4 members (excludes halogenated alkanes) is 1. The van der Waals surface area contributed by atoms with Gasteiger partial charge in [0, 0.05) is 56.1 Å². The molecule has 27 heavy (non-hydrogen) atoms. The van der Waals surface area contributed by atoms with E-state index in [-0.39, 0.29) is 17.2 Å². The first kappa shape index (κ1) is 18.1. The Kier molecular flexibility index (Phi) is 5.20. The molecule has 7 heteroatoms. The highest BCUT2D eigenvalue weighted by Crippen LogP contribution is 2.49. The van der Waals surface area contributed by atoms with Gasteiger partial charge in [0.05, 0.1) is 5.92 Å². The zero-order chi connectivity index (χ0) is 18.7. The predicted octanol–water partition coefficient (Wildman–Crippen LogP) is 3.04. The number of amides is 1. The van der Waals surface area contributed by atoms with Gasteiger partial charge in [-0.2, -0.15) is 4.98 Å². The molecular weight excluding hydrogens is 344 g/mol. The van der Waals surface area contributed by atoms with Gasteiger partial charge in [-0.05, 0) is 31.4 Å². The highest BCUT2D eigenvalue weighted by Gasteiger charge is 2.51. The molecule has 0 unspecified atom stereocenters. The average molecular weight is 370 g/mol. The maximum absolute atomic E-state index is 12.7. The van der Waals surface area contributed by atoms with Crippen LogP contribution in [0.5, 0.6) is 0 Å². The molecule has 1 amide bonds. The lowest BCUT2D eigenvalue weighted by molar-refractivity contribution is -0.131. The maximum Gasteiger partial charge on any atom is 0.232 e. The van der Waals surface area contributed by atoms with Crippen LogP contribution in [0.3, 0.4) is 0 Å². The van der Waals surface area contributed by atoms with E-state index in [1.165, 1.54) is 0 Å². The van der Waals surface area contributed by atoms with Crippen LogP contribution in [0.1, 0.15) is 50.8 Å². The van der Waals surface area contributed by atoms with Crippen molar-refractivity contribution in [1.29, 1.82) is 0 Å². The number of carbonyl (C=O) groups excluding carboxylic acids is 1. The maximum atomic E-state index is 12.7. The molecular formula is C20H26N4O3. The van der Waals surface area contributed by atoms with Crippen molar-refractivity contribution in [3.05, 3.63) is 30.4 Å². The summed E-state index contributed by atoms with van der Waals surface area (Å²) < 4.78 is 11.3.